The summed E-state index contributed by atoms with van der Waals surface area (Å²) >= 11 is 3.54. The Kier molecular flexibility index (Phi) is 11.1. The predicted molar refractivity (Wildman–Crippen MR) is 65.2 cm³/mol. The molecular weight excluding hydrogens is 232 g/mol. The summed E-state index contributed by atoms with van der Waals surface area (Å²) in [6, 6.07) is 0. The van der Waals surface area contributed by atoms with E-state index in [9.17, 15) is 9.59 Å². The Bertz CT molecular complexity index is 248. The Labute approximate surface area is 98.0 Å². The SMILES string of the molecule is CC(CSCCN=C=O)SCCN=C=O. The van der Waals surface area contributed by atoms with Crippen molar-refractivity contribution in [3.63, 3.8) is 0 Å². The van der Waals surface area contributed by atoms with Crippen molar-refractivity contribution in [1.82, 2.24) is 0 Å². The van der Waals surface area contributed by atoms with E-state index in [4.69, 9.17) is 0 Å². The lowest BCUT2D eigenvalue weighted by molar-refractivity contribution is 0.562. The lowest BCUT2D eigenvalue weighted by Crippen LogP contribution is -2.03. The van der Waals surface area contributed by atoms with E-state index in [1.165, 1.54) is 12.2 Å². The number of carbonyl (C=O) groups excluding carboxylic acids is 2. The topological polar surface area (TPSA) is 58.9 Å². The van der Waals surface area contributed by atoms with Crippen LogP contribution in [0.3, 0.4) is 0 Å². The largest absolute Gasteiger partial charge is 0.234 e. The summed E-state index contributed by atoms with van der Waals surface area (Å²) in [4.78, 5) is 26.5. The number of aliphatic imine (C=N–C) groups is 2. The number of hydrogen-bond donors (Lipinski definition) is 0. The van der Waals surface area contributed by atoms with Gasteiger partial charge < -0.3 is 0 Å². The fourth-order valence-electron chi connectivity index (χ4n) is 0.798. The lowest BCUT2D eigenvalue weighted by Gasteiger charge is -2.08. The molecule has 0 saturated carbocycles. The third-order valence-corrected chi connectivity index (χ3v) is 4.01. The van der Waals surface area contributed by atoms with Crippen LogP contribution in [0.5, 0.6) is 0 Å². The summed E-state index contributed by atoms with van der Waals surface area (Å²) in [5.74, 6) is 2.72. The van der Waals surface area contributed by atoms with Crippen LogP contribution >= 0.6 is 23.5 Å². The van der Waals surface area contributed by atoms with Crippen molar-refractivity contribution in [2.24, 2.45) is 9.98 Å². The van der Waals surface area contributed by atoms with E-state index in [1.54, 1.807) is 23.5 Å². The third kappa shape index (κ3) is 11.4. The summed E-state index contributed by atoms with van der Waals surface area (Å²) in [5, 5.41) is 0.525. The highest BCUT2D eigenvalue weighted by molar-refractivity contribution is 8.03. The first-order chi connectivity index (χ1) is 7.31. The lowest BCUT2D eigenvalue weighted by atomic mass is 10.6. The standard InChI is InChI=1S/C9H14N2O2S2/c1-9(15-5-3-11-8-13)6-14-4-2-10-7-12/h9H,2-6H2,1H3. The molecule has 0 spiro atoms. The van der Waals surface area contributed by atoms with Crippen molar-refractivity contribution >= 4 is 35.7 Å². The van der Waals surface area contributed by atoms with Crippen LogP contribution in [0.1, 0.15) is 6.92 Å². The molecule has 84 valence electrons. The molecule has 0 saturated heterocycles. The molecule has 0 radical (unpaired) electrons. The molecule has 0 bridgehead atoms. The van der Waals surface area contributed by atoms with Gasteiger partial charge in [-0.15, -0.1) is 0 Å². The van der Waals surface area contributed by atoms with Crippen molar-refractivity contribution in [2.75, 3.05) is 30.3 Å². The minimum Gasteiger partial charge on any atom is -0.211 e. The molecule has 0 amide bonds. The molecule has 0 fully saturated rings. The molecule has 4 nitrogen and oxygen atoms in total. The van der Waals surface area contributed by atoms with Crippen LogP contribution in [0.2, 0.25) is 0 Å². The molecule has 0 N–H and O–H groups in total. The molecule has 0 aliphatic heterocycles. The molecule has 0 aromatic carbocycles. The molecule has 1 unspecified atom stereocenters. The second-order valence-electron chi connectivity index (χ2n) is 2.70. The molecule has 15 heavy (non-hydrogen) atoms. The van der Waals surface area contributed by atoms with Crippen LogP contribution in [-0.4, -0.2) is 47.8 Å². The molecule has 0 rings (SSSR count). The first-order valence-electron chi connectivity index (χ1n) is 4.58. The zero-order chi connectivity index (χ0) is 11.4. The Balaban J connectivity index is 3.28. The molecular formula is C9H14N2O2S2. The summed E-state index contributed by atoms with van der Waals surface area (Å²) < 4.78 is 0. The maximum atomic E-state index is 9.78. The van der Waals surface area contributed by atoms with E-state index in [-0.39, 0.29) is 0 Å². The quantitative estimate of drug-likeness (QED) is 0.351. The third-order valence-electron chi connectivity index (χ3n) is 1.43. The second kappa shape index (κ2) is 11.5. The monoisotopic (exact) mass is 246 g/mol. The molecule has 0 aromatic rings. The highest BCUT2D eigenvalue weighted by atomic mass is 32.2. The number of nitrogens with zero attached hydrogens (tertiary/aromatic N) is 2. The minimum atomic E-state index is 0.525. The van der Waals surface area contributed by atoms with Gasteiger partial charge in [0.25, 0.3) is 0 Å². The van der Waals surface area contributed by atoms with Crippen LogP contribution in [0.15, 0.2) is 9.98 Å². The van der Waals surface area contributed by atoms with Gasteiger partial charge in [-0.3, -0.25) is 0 Å². The summed E-state index contributed by atoms with van der Waals surface area (Å²) in [6.45, 7) is 3.21. The number of rotatable bonds is 9. The summed E-state index contributed by atoms with van der Waals surface area (Å²) in [5.41, 5.74) is 0. The predicted octanol–water partition coefficient (Wildman–Crippen LogP) is 1.51. The van der Waals surface area contributed by atoms with Gasteiger partial charge in [-0.25, -0.2) is 19.6 Å². The van der Waals surface area contributed by atoms with E-state index in [1.807, 2.05) is 0 Å². The Morgan fingerprint density at radius 3 is 2.33 bits per heavy atom. The van der Waals surface area contributed by atoms with Gasteiger partial charge in [-0.05, 0) is 0 Å². The van der Waals surface area contributed by atoms with Gasteiger partial charge in [0.05, 0.1) is 13.1 Å². The van der Waals surface area contributed by atoms with Crippen LogP contribution < -0.4 is 0 Å². The summed E-state index contributed by atoms with van der Waals surface area (Å²) in [7, 11) is 0. The summed E-state index contributed by atoms with van der Waals surface area (Å²) in [6.07, 6.45) is 3.03. The zero-order valence-electron chi connectivity index (χ0n) is 8.64. The van der Waals surface area contributed by atoms with Gasteiger partial charge in [0, 0.05) is 22.5 Å². The second-order valence-corrected chi connectivity index (χ2v) is 5.40. The van der Waals surface area contributed by atoms with Gasteiger partial charge in [-0.2, -0.15) is 23.5 Å². The van der Waals surface area contributed by atoms with Crippen molar-refractivity contribution in [3.05, 3.63) is 0 Å². The number of thioether (sulfide) groups is 2. The Morgan fingerprint density at radius 2 is 1.73 bits per heavy atom. The van der Waals surface area contributed by atoms with E-state index >= 15 is 0 Å². The fraction of sp³-hybridized carbons (Fsp3) is 0.778. The van der Waals surface area contributed by atoms with Gasteiger partial charge in [0.15, 0.2) is 0 Å². The first-order valence-corrected chi connectivity index (χ1v) is 6.78. The van der Waals surface area contributed by atoms with Crippen molar-refractivity contribution in [1.29, 1.82) is 0 Å². The van der Waals surface area contributed by atoms with Gasteiger partial charge >= 0.3 is 0 Å². The van der Waals surface area contributed by atoms with Gasteiger partial charge in [0.2, 0.25) is 12.2 Å². The zero-order valence-corrected chi connectivity index (χ0v) is 10.3. The maximum Gasteiger partial charge on any atom is 0.234 e. The Hall–Kier alpha value is -0.540. The minimum absolute atomic E-state index is 0.525. The Morgan fingerprint density at radius 1 is 1.13 bits per heavy atom. The van der Waals surface area contributed by atoms with E-state index in [0.717, 1.165) is 17.3 Å². The molecule has 0 heterocycles. The van der Waals surface area contributed by atoms with E-state index < -0.39 is 0 Å². The van der Waals surface area contributed by atoms with Crippen molar-refractivity contribution in [2.45, 2.75) is 12.2 Å². The maximum absolute atomic E-state index is 9.78. The van der Waals surface area contributed by atoms with Crippen LogP contribution in [-0.2, 0) is 9.59 Å². The highest BCUT2D eigenvalue weighted by Crippen LogP contribution is 2.15. The smallest absolute Gasteiger partial charge is 0.211 e. The van der Waals surface area contributed by atoms with Crippen LogP contribution in [0.4, 0.5) is 0 Å². The van der Waals surface area contributed by atoms with E-state index in [0.29, 0.717) is 18.3 Å². The molecule has 0 aromatic heterocycles. The number of hydrogen-bond acceptors (Lipinski definition) is 6. The molecule has 6 heteroatoms. The average molecular weight is 246 g/mol. The molecule has 0 aliphatic rings. The molecule has 0 aliphatic carbocycles. The van der Waals surface area contributed by atoms with Crippen LogP contribution in [0.25, 0.3) is 0 Å². The average Bonchev–Trinajstić information content (AvgIpc) is 2.24. The van der Waals surface area contributed by atoms with E-state index in [2.05, 4.69) is 16.9 Å². The first kappa shape index (κ1) is 14.5. The van der Waals surface area contributed by atoms with Crippen molar-refractivity contribution in [3.8, 4) is 0 Å². The molecule has 1 atom stereocenters. The fourth-order valence-corrected chi connectivity index (χ4v) is 2.79. The van der Waals surface area contributed by atoms with Crippen LogP contribution in [0, 0.1) is 0 Å². The normalized spacial score (nSPS) is 11.3. The van der Waals surface area contributed by atoms with Gasteiger partial charge in [-0.1, -0.05) is 6.92 Å². The van der Waals surface area contributed by atoms with Gasteiger partial charge in [0.1, 0.15) is 0 Å². The highest BCUT2D eigenvalue weighted by Gasteiger charge is 2.01. The number of isocyanates is 2. The van der Waals surface area contributed by atoms with Crippen molar-refractivity contribution < 1.29 is 9.59 Å².